The van der Waals surface area contributed by atoms with Crippen molar-refractivity contribution in [1.82, 2.24) is 10.4 Å². The van der Waals surface area contributed by atoms with Crippen LogP contribution in [0.15, 0.2) is 77.3 Å². The fraction of sp³-hybridized carbons (Fsp3) is 0.222. The number of carbonyl (C=O) groups is 3. The molecule has 2 aliphatic rings. The van der Waals surface area contributed by atoms with Crippen LogP contribution >= 0.6 is 15.9 Å². The van der Waals surface area contributed by atoms with Crippen molar-refractivity contribution >= 4 is 39.3 Å². The summed E-state index contributed by atoms with van der Waals surface area (Å²) in [6, 6.07) is 20.8. The number of rotatable bonds is 4. The Morgan fingerprint density at radius 3 is 2.32 bits per heavy atom. The third-order valence-electron chi connectivity index (χ3n) is 6.56. The number of carbonyl (C=O) groups excluding carboxylic acids is 3. The highest BCUT2D eigenvalue weighted by Crippen LogP contribution is 2.42. The van der Waals surface area contributed by atoms with E-state index in [4.69, 9.17) is 0 Å². The lowest BCUT2D eigenvalue weighted by Gasteiger charge is -2.25. The van der Waals surface area contributed by atoms with Crippen LogP contribution in [0.3, 0.4) is 0 Å². The molecule has 3 atom stereocenters. The van der Waals surface area contributed by atoms with Crippen molar-refractivity contribution in [3.05, 3.63) is 99.5 Å². The molecule has 0 aliphatic carbocycles. The molecule has 172 valence electrons. The fourth-order valence-electron chi connectivity index (χ4n) is 4.72. The summed E-state index contributed by atoms with van der Waals surface area (Å²) in [6.45, 7) is 4.03. The first kappa shape index (κ1) is 22.5. The van der Waals surface area contributed by atoms with Gasteiger partial charge in [0.1, 0.15) is 6.04 Å². The average Bonchev–Trinajstić information content (AvgIpc) is 3.36. The van der Waals surface area contributed by atoms with E-state index < -0.39 is 23.9 Å². The molecule has 2 heterocycles. The number of amides is 3. The van der Waals surface area contributed by atoms with Crippen LogP contribution in [0.2, 0.25) is 0 Å². The minimum absolute atomic E-state index is 0.305. The summed E-state index contributed by atoms with van der Waals surface area (Å²) in [4.78, 5) is 42.0. The van der Waals surface area contributed by atoms with Gasteiger partial charge in [-0.05, 0) is 54.8 Å². The van der Waals surface area contributed by atoms with E-state index in [1.54, 1.807) is 30.3 Å². The Morgan fingerprint density at radius 1 is 0.971 bits per heavy atom. The van der Waals surface area contributed by atoms with Gasteiger partial charge in [-0.15, -0.1) is 0 Å². The van der Waals surface area contributed by atoms with Gasteiger partial charge in [0.2, 0.25) is 5.91 Å². The van der Waals surface area contributed by atoms with Gasteiger partial charge in [0, 0.05) is 10.0 Å². The molecule has 0 aromatic heterocycles. The number of benzene rings is 3. The largest absolute Gasteiger partial charge is 0.274 e. The maximum atomic E-state index is 13.7. The topological polar surface area (TPSA) is 69.7 Å². The molecule has 5 rings (SSSR count). The maximum absolute atomic E-state index is 13.7. The van der Waals surface area contributed by atoms with E-state index in [0.717, 1.165) is 22.0 Å². The molecule has 1 N–H and O–H groups in total. The highest BCUT2D eigenvalue weighted by molar-refractivity contribution is 9.10. The molecule has 6 nitrogen and oxygen atoms in total. The number of imide groups is 1. The van der Waals surface area contributed by atoms with E-state index in [-0.39, 0.29) is 11.8 Å². The molecule has 3 aromatic carbocycles. The maximum Gasteiger partial charge on any atom is 0.268 e. The number of anilines is 1. The van der Waals surface area contributed by atoms with Crippen molar-refractivity contribution in [1.29, 1.82) is 0 Å². The predicted octanol–water partition coefficient (Wildman–Crippen LogP) is 4.58. The van der Waals surface area contributed by atoms with Gasteiger partial charge in [-0.2, -0.15) is 0 Å². The number of hydrogen-bond donors (Lipinski definition) is 1. The van der Waals surface area contributed by atoms with E-state index in [1.807, 2.05) is 49.4 Å². The third-order valence-corrected chi connectivity index (χ3v) is 7.06. The summed E-state index contributed by atoms with van der Waals surface area (Å²) < 4.78 is 0.760. The second-order valence-corrected chi connectivity index (χ2v) is 9.62. The summed E-state index contributed by atoms with van der Waals surface area (Å²) in [5.74, 6) is -1.78. The van der Waals surface area contributed by atoms with Crippen LogP contribution in [0.4, 0.5) is 5.69 Å². The van der Waals surface area contributed by atoms with Crippen LogP contribution in [0.5, 0.6) is 0 Å². The molecule has 0 spiro atoms. The number of fused-ring (bicyclic) bond motifs is 1. The van der Waals surface area contributed by atoms with Crippen molar-refractivity contribution in [2.45, 2.75) is 32.4 Å². The van der Waals surface area contributed by atoms with Gasteiger partial charge >= 0.3 is 0 Å². The van der Waals surface area contributed by atoms with Crippen LogP contribution in [-0.4, -0.2) is 28.8 Å². The molecule has 3 amide bonds. The van der Waals surface area contributed by atoms with E-state index >= 15 is 0 Å². The second kappa shape index (κ2) is 8.81. The van der Waals surface area contributed by atoms with Crippen LogP contribution < -0.4 is 10.3 Å². The number of nitrogens with zero attached hydrogens (tertiary/aromatic N) is 2. The molecular formula is C27H24BrN3O3. The smallest absolute Gasteiger partial charge is 0.268 e. The molecule has 2 aliphatic heterocycles. The first-order chi connectivity index (χ1) is 16.4. The van der Waals surface area contributed by atoms with Crippen LogP contribution in [-0.2, 0) is 16.0 Å². The molecule has 2 saturated heterocycles. The Hall–Kier alpha value is -3.29. The minimum Gasteiger partial charge on any atom is -0.274 e. The van der Waals surface area contributed by atoms with E-state index in [0.29, 0.717) is 11.3 Å². The van der Waals surface area contributed by atoms with Crippen molar-refractivity contribution in [3.63, 3.8) is 0 Å². The zero-order valence-corrected chi connectivity index (χ0v) is 20.5. The number of nitrogens with one attached hydrogen (secondary N) is 1. The third kappa shape index (κ3) is 3.75. The number of hydrogen-bond acceptors (Lipinski definition) is 4. The summed E-state index contributed by atoms with van der Waals surface area (Å²) in [7, 11) is 0. The Balaban J connectivity index is 1.57. The van der Waals surface area contributed by atoms with Crippen LogP contribution in [0.1, 0.15) is 40.0 Å². The lowest BCUT2D eigenvalue weighted by Crippen LogP contribution is -2.48. The molecule has 0 bridgehead atoms. The quantitative estimate of drug-likeness (QED) is 0.514. The van der Waals surface area contributed by atoms with E-state index in [9.17, 15) is 14.4 Å². The number of halogens is 1. The van der Waals surface area contributed by atoms with Gasteiger partial charge in [0.05, 0.1) is 17.6 Å². The molecule has 3 aromatic rings. The van der Waals surface area contributed by atoms with Crippen LogP contribution in [0, 0.1) is 12.8 Å². The Labute approximate surface area is 206 Å². The first-order valence-electron chi connectivity index (χ1n) is 11.3. The first-order valence-corrected chi connectivity index (χ1v) is 12.1. The summed E-state index contributed by atoms with van der Waals surface area (Å²) in [5.41, 5.74) is 7.23. The molecule has 34 heavy (non-hydrogen) atoms. The van der Waals surface area contributed by atoms with Crippen molar-refractivity contribution in [2.75, 3.05) is 4.90 Å². The lowest BCUT2D eigenvalue weighted by atomic mass is 9.90. The van der Waals surface area contributed by atoms with Crippen molar-refractivity contribution in [2.24, 2.45) is 5.92 Å². The fourth-order valence-corrected chi connectivity index (χ4v) is 5.12. The zero-order valence-electron chi connectivity index (χ0n) is 18.9. The van der Waals surface area contributed by atoms with Gasteiger partial charge in [0.25, 0.3) is 11.8 Å². The lowest BCUT2D eigenvalue weighted by molar-refractivity contribution is -0.123. The molecule has 0 unspecified atom stereocenters. The Bertz CT molecular complexity index is 1270. The Kier molecular flexibility index (Phi) is 5.83. The summed E-state index contributed by atoms with van der Waals surface area (Å²) in [6.07, 6.45) is 0.899. The van der Waals surface area contributed by atoms with Gasteiger partial charge in [-0.1, -0.05) is 70.9 Å². The van der Waals surface area contributed by atoms with Crippen molar-refractivity contribution in [3.8, 4) is 0 Å². The predicted molar refractivity (Wildman–Crippen MR) is 133 cm³/mol. The average molecular weight is 518 g/mol. The molecule has 2 fully saturated rings. The highest BCUT2D eigenvalue weighted by atomic mass is 79.9. The van der Waals surface area contributed by atoms with Gasteiger partial charge in [-0.25, -0.2) is 10.3 Å². The van der Waals surface area contributed by atoms with Gasteiger partial charge in [0.15, 0.2) is 0 Å². The molecular weight excluding hydrogens is 494 g/mol. The van der Waals surface area contributed by atoms with Crippen LogP contribution in [0.25, 0.3) is 0 Å². The monoisotopic (exact) mass is 517 g/mol. The minimum atomic E-state index is -0.934. The molecule has 7 heteroatoms. The van der Waals surface area contributed by atoms with Gasteiger partial charge in [-0.3, -0.25) is 19.4 Å². The van der Waals surface area contributed by atoms with E-state index in [1.165, 1.54) is 15.5 Å². The normalized spacial score (nSPS) is 21.8. The van der Waals surface area contributed by atoms with Crippen molar-refractivity contribution < 1.29 is 14.4 Å². The SMILES string of the molecule is CCc1ccc([C@@H]2NN(C(=O)c3cccc(Br)c3)[C@H]3C(=O)N(c4ccc(C)cc4)C(=O)[C@@H]23)cc1. The van der Waals surface area contributed by atoms with Gasteiger partial charge < -0.3 is 0 Å². The summed E-state index contributed by atoms with van der Waals surface area (Å²) >= 11 is 3.40. The molecule has 0 radical (unpaired) electrons. The summed E-state index contributed by atoms with van der Waals surface area (Å²) in [5, 5.41) is 1.35. The highest BCUT2D eigenvalue weighted by Gasteiger charge is 2.60. The molecule has 0 saturated carbocycles. The second-order valence-electron chi connectivity index (χ2n) is 8.71. The Morgan fingerprint density at radius 2 is 1.68 bits per heavy atom. The number of aryl methyl sites for hydroxylation is 2. The number of hydrazine groups is 1. The zero-order chi connectivity index (χ0) is 24.0. The standard InChI is InChI=1S/C27H24BrN3O3/c1-3-17-9-11-18(12-10-17)23-22-24(31(29-23)25(32)19-5-4-6-20(28)15-19)27(34)30(26(22)33)21-13-7-16(2)8-14-21/h4-15,22-24,29H,3H2,1-2H3/t22-,23-,24+/m0/s1. The van der Waals surface area contributed by atoms with E-state index in [2.05, 4.69) is 28.3 Å².